The number of oxime groups is 1. The molecule has 2 atom stereocenters. The van der Waals surface area contributed by atoms with Crippen LogP contribution in [0.1, 0.15) is 24.0 Å². The zero-order valence-electron chi connectivity index (χ0n) is 16.5. The maximum absolute atomic E-state index is 14.2. The quantitative estimate of drug-likeness (QED) is 0.235. The summed E-state index contributed by atoms with van der Waals surface area (Å²) < 4.78 is 68.7. The lowest BCUT2D eigenvalue weighted by Crippen LogP contribution is -2.42. The van der Waals surface area contributed by atoms with Crippen molar-refractivity contribution >= 4 is 63.7 Å². The number of benzene rings is 2. The molecule has 1 saturated carbocycles. The second-order valence-electron chi connectivity index (χ2n) is 7.71. The number of anilines is 1. The number of nitrogens with zero attached hydrogens (tertiary/aromatic N) is 1. The van der Waals surface area contributed by atoms with Gasteiger partial charge in [-0.3, -0.25) is 15.6 Å². The second-order valence-corrected chi connectivity index (χ2v) is 9.31. The van der Waals surface area contributed by atoms with Crippen molar-refractivity contribution in [1.82, 2.24) is 5.43 Å². The molecule has 182 valence electrons. The highest BCUT2D eigenvalue weighted by molar-refractivity contribution is 6.48. The molecule has 4 rings (SSSR count). The van der Waals surface area contributed by atoms with Crippen molar-refractivity contribution in [3.05, 3.63) is 61.5 Å². The van der Waals surface area contributed by atoms with Crippen molar-refractivity contribution < 1.29 is 31.6 Å². The van der Waals surface area contributed by atoms with Crippen LogP contribution in [0.2, 0.25) is 20.1 Å². The number of carbonyl (C=O) groups is 1. The number of halogens is 9. The van der Waals surface area contributed by atoms with Crippen LogP contribution in [-0.4, -0.2) is 23.7 Å². The standard InChI is InChI=1S/C20H12Cl4F5N3O2/c21-11-2-1-8(3-14(11)30-31-17(33)10-6-19(10,25)26)15-7-18(34-32-15,20(27,28)29)9-4-12(22)16(24)13(23)5-9/h1-5,10,30H,6-7H2,(H,31,33). The van der Waals surface area contributed by atoms with Gasteiger partial charge >= 0.3 is 6.18 Å². The van der Waals surface area contributed by atoms with Gasteiger partial charge in [0, 0.05) is 24.0 Å². The summed E-state index contributed by atoms with van der Waals surface area (Å²) in [6.07, 6.45) is -6.23. The van der Waals surface area contributed by atoms with Crippen LogP contribution in [0.4, 0.5) is 27.6 Å². The van der Waals surface area contributed by atoms with Crippen LogP contribution in [0.3, 0.4) is 0 Å². The minimum Gasteiger partial charge on any atom is -0.374 e. The Bertz CT molecular complexity index is 1180. The molecule has 0 saturated heterocycles. The van der Waals surface area contributed by atoms with E-state index >= 15 is 0 Å². The molecule has 2 N–H and O–H groups in total. The molecule has 1 heterocycles. The van der Waals surface area contributed by atoms with Gasteiger partial charge in [-0.15, -0.1) is 0 Å². The maximum Gasteiger partial charge on any atom is 0.435 e. The molecule has 34 heavy (non-hydrogen) atoms. The van der Waals surface area contributed by atoms with E-state index in [1.807, 2.05) is 0 Å². The summed E-state index contributed by atoms with van der Waals surface area (Å²) in [6, 6.07) is 6.02. The summed E-state index contributed by atoms with van der Waals surface area (Å²) in [5.41, 5.74) is 1.37. The summed E-state index contributed by atoms with van der Waals surface area (Å²) in [6.45, 7) is 0. The second kappa shape index (κ2) is 8.58. The third-order valence-corrected chi connectivity index (χ3v) is 6.92. The van der Waals surface area contributed by atoms with E-state index < -0.39 is 47.9 Å². The Morgan fingerprint density at radius 3 is 2.24 bits per heavy atom. The first-order chi connectivity index (χ1) is 15.7. The van der Waals surface area contributed by atoms with Crippen molar-refractivity contribution in [2.75, 3.05) is 5.43 Å². The highest BCUT2D eigenvalue weighted by Crippen LogP contribution is 2.51. The fourth-order valence-electron chi connectivity index (χ4n) is 3.36. The van der Waals surface area contributed by atoms with Gasteiger partial charge < -0.3 is 4.84 Å². The smallest absolute Gasteiger partial charge is 0.374 e. The number of amides is 1. The number of hydrazine groups is 1. The normalized spacial score (nSPS) is 23.2. The van der Waals surface area contributed by atoms with Gasteiger partial charge in [-0.2, -0.15) is 13.2 Å². The number of nitrogens with one attached hydrogen (secondary N) is 2. The van der Waals surface area contributed by atoms with Crippen LogP contribution < -0.4 is 10.9 Å². The Hall–Kier alpha value is -2.01. The summed E-state index contributed by atoms with van der Waals surface area (Å²) in [4.78, 5) is 16.7. The molecule has 0 spiro atoms. The Labute approximate surface area is 209 Å². The van der Waals surface area contributed by atoms with Gasteiger partial charge in [0.2, 0.25) is 5.91 Å². The van der Waals surface area contributed by atoms with Gasteiger partial charge in [-0.05, 0) is 24.3 Å². The van der Waals surface area contributed by atoms with Crippen molar-refractivity contribution in [2.24, 2.45) is 11.1 Å². The van der Waals surface area contributed by atoms with Crippen LogP contribution in [-0.2, 0) is 15.2 Å². The van der Waals surface area contributed by atoms with E-state index in [1.54, 1.807) is 0 Å². The number of alkyl halides is 5. The van der Waals surface area contributed by atoms with Crippen LogP contribution in [0.15, 0.2) is 35.5 Å². The third-order valence-electron chi connectivity index (χ3n) is 5.40. The average molecular weight is 563 g/mol. The summed E-state index contributed by atoms with van der Waals surface area (Å²) in [5.74, 6) is -5.47. The third kappa shape index (κ3) is 4.48. The first-order valence-corrected chi connectivity index (χ1v) is 11.0. The lowest BCUT2D eigenvalue weighted by molar-refractivity contribution is -0.275. The first-order valence-electron chi connectivity index (χ1n) is 9.45. The number of hydrogen-bond donors (Lipinski definition) is 2. The molecule has 0 aromatic heterocycles. The number of hydrogen-bond acceptors (Lipinski definition) is 4. The fraction of sp³-hybridized carbons (Fsp3) is 0.300. The first kappa shape index (κ1) is 25.1. The molecule has 5 nitrogen and oxygen atoms in total. The van der Waals surface area contributed by atoms with Crippen LogP contribution in [0, 0.1) is 5.92 Å². The molecule has 2 aromatic rings. The fourth-order valence-corrected chi connectivity index (χ4v) is 4.12. The van der Waals surface area contributed by atoms with Crippen molar-refractivity contribution in [3.8, 4) is 0 Å². The van der Waals surface area contributed by atoms with E-state index in [0.29, 0.717) is 0 Å². The van der Waals surface area contributed by atoms with Gasteiger partial charge in [0.1, 0.15) is 5.92 Å². The zero-order chi connectivity index (χ0) is 25.1. The summed E-state index contributed by atoms with van der Waals surface area (Å²) in [5, 5.41) is 3.20. The monoisotopic (exact) mass is 561 g/mol. The molecule has 2 unspecified atom stereocenters. The molecule has 14 heteroatoms. The lowest BCUT2D eigenvalue weighted by atomic mass is 9.86. The summed E-state index contributed by atoms with van der Waals surface area (Å²) >= 11 is 23.8. The minimum atomic E-state index is -4.92. The predicted octanol–water partition coefficient (Wildman–Crippen LogP) is 6.98. The molecule has 0 radical (unpaired) electrons. The Balaban J connectivity index is 1.59. The van der Waals surface area contributed by atoms with E-state index in [1.165, 1.54) is 18.2 Å². The predicted molar refractivity (Wildman–Crippen MR) is 118 cm³/mol. The molecule has 0 bridgehead atoms. The summed E-state index contributed by atoms with van der Waals surface area (Å²) in [7, 11) is 0. The molecular weight excluding hydrogens is 551 g/mol. The SMILES string of the molecule is O=C(NNc1cc(C2=NOC(c3cc(Cl)c(Cl)c(Cl)c3)(C(F)(F)F)C2)ccc1Cl)C1CC1(F)F. The largest absolute Gasteiger partial charge is 0.435 e. The van der Waals surface area contributed by atoms with E-state index in [4.69, 9.17) is 51.2 Å². The molecule has 1 fully saturated rings. The topological polar surface area (TPSA) is 62.7 Å². The molecule has 2 aromatic carbocycles. The lowest BCUT2D eigenvalue weighted by Gasteiger charge is -2.30. The van der Waals surface area contributed by atoms with Gasteiger partial charge in [-0.25, -0.2) is 8.78 Å². The van der Waals surface area contributed by atoms with Gasteiger partial charge in [-0.1, -0.05) is 57.6 Å². The van der Waals surface area contributed by atoms with E-state index in [0.717, 1.165) is 12.1 Å². The molecule has 2 aliphatic rings. The highest BCUT2D eigenvalue weighted by Gasteiger charge is 2.63. The molecular formula is C20H12Cl4F5N3O2. The number of rotatable bonds is 5. The van der Waals surface area contributed by atoms with Gasteiger partial charge in [0.15, 0.2) is 0 Å². The van der Waals surface area contributed by atoms with Crippen molar-refractivity contribution in [2.45, 2.75) is 30.5 Å². The van der Waals surface area contributed by atoms with Gasteiger partial charge in [0.05, 0.1) is 31.5 Å². The molecule has 1 aliphatic heterocycles. The molecule has 1 amide bonds. The Morgan fingerprint density at radius 2 is 1.68 bits per heavy atom. The van der Waals surface area contributed by atoms with Crippen LogP contribution in [0.25, 0.3) is 0 Å². The van der Waals surface area contributed by atoms with Crippen LogP contribution >= 0.6 is 46.4 Å². The van der Waals surface area contributed by atoms with E-state index in [9.17, 15) is 26.7 Å². The van der Waals surface area contributed by atoms with E-state index in [-0.39, 0.29) is 37.1 Å². The Morgan fingerprint density at radius 1 is 1.06 bits per heavy atom. The number of carbonyl (C=O) groups excluding carboxylic acids is 1. The zero-order valence-corrected chi connectivity index (χ0v) is 19.6. The molecule has 1 aliphatic carbocycles. The Kier molecular flexibility index (Phi) is 6.33. The van der Waals surface area contributed by atoms with E-state index in [2.05, 4.69) is 16.0 Å². The average Bonchev–Trinajstić information content (AvgIpc) is 3.17. The highest BCUT2D eigenvalue weighted by atomic mass is 35.5. The maximum atomic E-state index is 14.2. The minimum absolute atomic E-state index is 0.0567. The van der Waals surface area contributed by atoms with Crippen LogP contribution in [0.5, 0.6) is 0 Å². The van der Waals surface area contributed by atoms with Gasteiger partial charge in [0.25, 0.3) is 11.5 Å². The van der Waals surface area contributed by atoms with Crippen molar-refractivity contribution in [1.29, 1.82) is 0 Å². The van der Waals surface area contributed by atoms with Crippen molar-refractivity contribution in [3.63, 3.8) is 0 Å².